The van der Waals surface area contributed by atoms with Gasteiger partial charge in [-0.15, -0.1) is 0 Å². The summed E-state index contributed by atoms with van der Waals surface area (Å²) in [6, 6.07) is 24.6. The Balaban J connectivity index is 1.51. The molecule has 0 spiro atoms. The highest BCUT2D eigenvalue weighted by Gasteiger charge is 2.05. The van der Waals surface area contributed by atoms with Gasteiger partial charge < -0.3 is 9.47 Å². The number of methoxy groups -OCH3 is 1. The van der Waals surface area contributed by atoms with Gasteiger partial charge in [0, 0.05) is 5.56 Å². The highest BCUT2D eigenvalue weighted by molar-refractivity contribution is 5.99. The number of nitrogens with zero attached hydrogens (tertiary/aromatic N) is 1. The minimum absolute atomic E-state index is 0.276. The molecule has 152 valence electrons. The molecule has 0 aromatic heterocycles. The van der Waals surface area contributed by atoms with Crippen LogP contribution in [0.4, 0.5) is 0 Å². The van der Waals surface area contributed by atoms with Crippen molar-refractivity contribution in [3.63, 3.8) is 0 Å². The van der Waals surface area contributed by atoms with Crippen LogP contribution in [0, 0.1) is 0 Å². The molecule has 3 rings (SSSR count). The molecule has 0 aliphatic rings. The third kappa shape index (κ3) is 6.34. The van der Waals surface area contributed by atoms with Gasteiger partial charge in [0.2, 0.25) is 0 Å². The molecular weight excluding hydrogens is 376 g/mol. The predicted molar refractivity (Wildman–Crippen MR) is 120 cm³/mol. The van der Waals surface area contributed by atoms with Crippen LogP contribution in [-0.4, -0.2) is 18.7 Å². The van der Waals surface area contributed by atoms with Gasteiger partial charge in [0.25, 0.3) is 5.91 Å². The molecule has 0 radical (unpaired) electrons. The van der Waals surface area contributed by atoms with Crippen molar-refractivity contribution in [1.29, 1.82) is 0 Å². The molecule has 0 aliphatic carbocycles. The van der Waals surface area contributed by atoms with Crippen LogP contribution in [0.3, 0.4) is 0 Å². The van der Waals surface area contributed by atoms with Crippen LogP contribution < -0.4 is 14.9 Å². The van der Waals surface area contributed by atoms with Gasteiger partial charge in [0.05, 0.1) is 12.8 Å². The molecule has 0 saturated carbocycles. The summed E-state index contributed by atoms with van der Waals surface area (Å²) in [6.07, 6.45) is 3.76. The van der Waals surface area contributed by atoms with Gasteiger partial charge in [-0.25, -0.2) is 5.43 Å². The number of hydrogen-bond donors (Lipinski definition) is 1. The fourth-order valence-corrected chi connectivity index (χ4v) is 2.62. The summed E-state index contributed by atoms with van der Waals surface area (Å²) in [5.74, 6) is 1.24. The molecule has 5 heteroatoms. The van der Waals surface area contributed by atoms with Gasteiger partial charge in [-0.3, -0.25) is 4.79 Å². The molecule has 3 aromatic carbocycles. The smallest absolute Gasteiger partial charge is 0.271 e. The van der Waals surface area contributed by atoms with Crippen molar-refractivity contribution in [2.45, 2.75) is 13.5 Å². The van der Waals surface area contributed by atoms with E-state index in [4.69, 9.17) is 9.47 Å². The first-order valence-corrected chi connectivity index (χ1v) is 9.57. The Bertz CT molecular complexity index is 1010. The Hall–Kier alpha value is -3.86. The molecule has 1 N–H and O–H groups in total. The molecule has 0 unspecified atom stereocenters. The molecule has 0 heterocycles. The summed E-state index contributed by atoms with van der Waals surface area (Å²) in [5.41, 5.74) is 5.87. The zero-order valence-electron chi connectivity index (χ0n) is 17.0. The van der Waals surface area contributed by atoms with Crippen molar-refractivity contribution in [1.82, 2.24) is 5.43 Å². The largest absolute Gasteiger partial charge is 0.497 e. The van der Waals surface area contributed by atoms with Gasteiger partial charge in [0.15, 0.2) is 0 Å². The second kappa shape index (κ2) is 10.6. The zero-order valence-corrected chi connectivity index (χ0v) is 17.0. The van der Waals surface area contributed by atoms with Crippen molar-refractivity contribution in [2.75, 3.05) is 7.11 Å². The Morgan fingerprint density at radius 2 is 1.60 bits per heavy atom. The van der Waals surface area contributed by atoms with E-state index in [1.54, 1.807) is 31.4 Å². The van der Waals surface area contributed by atoms with Crippen molar-refractivity contribution in [3.05, 3.63) is 102 Å². The van der Waals surface area contributed by atoms with Crippen molar-refractivity contribution < 1.29 is 14.3 Å². The van der Waals surface area contributed by atoms with Crippen LogP contribution in [0.25, 0.3) is 6.08 Å². The lowest BCUT2D eigenvalue weighted by atomic mass is 10.2. The summed E-state index contributed by atoms with van der Waals surface area (Å²) >= 11 is 0. The molecule has 0 saturated heterocycles. The number of rotatable bonds is 8. The summed E-state index contributed by atoms with van der Waals surface area (Å²) in [7, 11) is 1.63. The van der Waals surface area contributed by atoms with E-state index in [1.165, 1.54) is 0 Å². The third-order valence-electron chi connectivity index (χ3n) is 4.33. The zero-order chi connectivity index (χ0) is 21.2. The lowest BCUT2D eigenvalue weighted by molar-refractivity contribution is 0.0955. The summed E-state index contributed by atoms with van der Waals surface area (Å²) in [6.45, 7) is 2.30. The average molecular weight is 400 g/mol. The van der Waals surface area contributed by atoms with Gasteiger partial charge >= 0.3 is 0 Å². The SMILES string of the molecule is COc1ccc(C=CC(C)=NNC(=O)c2ccc(OCc3ccccc3)cc2)cc1. The van der Waals surface area contributed by atoms with E-state index in [0.717, 1.165) is 16.9 Å². The maximum atomic E-state index is 12.3. The highest BCUT2D eigenvalue weighted by Crippen LogP contribution is 2.15. The average Bonchev–Trinajstić information content (AvgIpc) is 2.81. The van der Waals surface area contributed by atoms with E-state index in [0.29, 0.717) is 23.6 Å². The fraction of sp³-hybridized carbons (Fsp3) is 0.120. The van der Waals surface area contributed by atoms with Crippen LogP contribution in [-0.2, 0) is 6.61 Å². The molecule has 3 aromatic rings. The van der Waals surface area contributed by atoms with Crippen molar-refractivity contribution in [2.24, 2.45) is 5.10 Å². The van der Waals surface area contributed by atoms with E-state index < -0.39 is 0 Å². The third-order valence-corrected chi connectivity index (χ3v) is 4.33. The fourth-order valence-electron chi connectivity index (χ4n) is 2.62. The topological polar surface area (TPSA) is 59.9 Å². The molecule has 5 nitrogen and oxygen atoms in total. The van der Waals surface area contributed by atoms with E-state index in [9.17, 15) is 4.79 Å². The molecule has 30 heavy (non-hydrogen) atoms. The first-order chi connectivity index (χ1) is 14.6. The number of hydrazone groups is 1. The number of carbonyl (C=O) groups excluding carboxylic acids is 1. The molecule has 1 amide bonds. The highest BCUT2D eigenvalue weighted by atomic mass is 16.5. The number of carbonyl (C=O) groups is 1. The maximum Gasteiger partial charge on any atom is 0.271 e. The Morgan fingerprint density at radius 1 is 0.933 bits per heavy atom. The van der Waals surface area contributed by atoms with Gasteiger partial charge in [0.1, 0.15) is 18.1 Å². The number of nitrogens with one attached hydrogen (secondary N) is 1. The summed E-state index contributed by atoms with van der Waals surface area (Å²) < 4.78 is 10.9. The Kier molecular flexibility index (Phi) is 7.39. The van der Waals surface area contributed by atoms with Crippen LogP contribution >= 0.6 is 0 Å². The second-order valence-corrected chi connectivity index (χ2v) is 6.60. The van der Waals surface area contributed by atoms with E-state index in [-0.39, 0.29) is 5.91 Å². The molecule has 0 bridgehead atoms. The standard InChI is InChI=1S/C25H24N2O3/c1-19(8-9-20-10-14-23(29-2)15-11-20)26-27-25(28)22-12-16-24(17-13-22)30-18-21-6-4-3-5-7-21/h3-17H,18H2,1-2H3,(H,27,28). The molecular formula is C25H24N2O3. The number of benzene rings is 3. The predicted octanol–water partition coefficient (Wildman–Crippen LogP) is 5.09. The molecule has 0 fully saturated rings. The first kappa shape index (κ1) is 20.9. The number of ether oxygens (including phenoxy) is 2. The van der Waals surface area contributed by atoms with E-state index >= 15 is 0 Å². The van der Waals surface area contributed by atoms with Crippen molar-refractivity contribution in [3.8, 4) is 11.5 Å². The maximum absolute atomic E-state index is 12.3. The summed E-state index contributed by atoms with van der Waals surface area (Å²) in [4.78, 5) is 12.3. The van der Waals surface area contributed by atoms with Crippen LogP contribution in [0.5, 0.6) is 11.5 Å². The lowest BCUT2D eigenvalue weighted by Gasteiger charge is -2.07. The van der Waals surface area contributed by atoms with E-state index in [1.807, 2.05) is 73.7 Å². The van der Waals surface area contributed by atoms with Crippen LogP contribution in [0.15, 0.2) is 90.0 Å². The number of hydrogen-bond acceptors (Lipinski definition) is 4. The van der Waals surface area contributed by atoms with Crippen LogP contribution in [0.2, 0.25) is 0 Å². The van der Waals surface area contributed by atoms with Crippen molar-refractivity contribution >= 4 is 17.7 Å². The van der Waals surface area contributed by atoms with Gasteiger partial charge in [-0.1, -0.05) is 48.5 Å². The molecule has 0 aliphatic heterocycles. The minimum atomic E-state index is -0.276. The van der Waals surface area contributed by atoms with Gasteiger partial charge in [-0.2, -0.15) is 5.10 Å². The van der Waals surface area contributed by atoms with Gasteiger partial charge in [-0.05, 0) is 60.5 Å². The lowest BCUT2D eigenvalue weighted by Crippen LogP contribution is -2.18. The molecule has 0 atom stereocenters. The number of amides is 1. The Morgan fingerprint density at radius 3 is 2.27 bits per heavy atom. The number of allylic oxidation sites excluding steroid dienone is 1. The normalized spacial score (nSPS) is 11.3. The summed E-state index contributed by atoms with van der Waals surface area (Å²) in [5, 5.41) is 4.12. The van der Waals surface area contributed by atoms with E-state index in [2.05, 4.69) is 10.5 Å². The first-order valence-electron chi connectivity index (χ1n) is 9.57. The second-order valence-electron chi connectivity index (χ2n) is 6.60. The minimum Gasteiger partial charge on any atom is -0.497 e. The quantitative estimate of drug-likeness (QED) is 0.423. The van der Waals surface area contributed by atoms with Crippen LogP contribution in [0.1, 0.15) is 28.4 Å². The Labute approximate surface area is 176 Å². The monoisotopic (exact) mass is 400 g/mol.